The molecule has 0 aliphatic heterocycles. The molecule has 8 heteroatoms. The summed E-state index contributed by atoms with van der Waals surface area (Å²) in [5.74, 6) is 2.21. The van der Waals surface area contributed by atoms with E-state index in [0.717, 1.165) is 21.5 Å². The van der Waals surface area contributed by atoms with Crippen molar-refractivity contribution in [2.75, 3.05) is 0 Å². The van der Waals surface area contributed by atoms with E-state index in [2.05, 4.69) is 20.5 Å². The molecule has 0 unspecified atom stereocenters. The Morgan fingerprint density at radius 2 is 2.37 bits per heavy atom. The van der Waals surface area contributed by atoms with Crippen molar-refractivity contribution in [2.24, 2.45) is 7.05 Å². The molecule has 0 bridgehead atoms. The zero-order chi connectivity index (χ0) is 13.2. The van der Waals surface area contributed by atoms with Crippen LogP contribution in [0.25, 0.3) is 10.8 Å². The molecule has 0 atom stereocenters. The maximum Gasteiger partial charge on any atom is 0.236 e. The van der Waals surface area contributed by atoms with E-state index in [9.17, 15) is 0 Å². The third-order valence-corrected chi connectivity index (χ3v) is 4.42. The topological polar surface area (TPSA) is 69.6 Å². The number of hydrogen-bond donors (Lipinski definition) is 0. The van der Waals surface area contributed by atoms with Gasteiger partial charge in [-0.15, -0.1) is 16.4 Å². The first-order chi connectivity index (χ1) is 9.24. The molecule has 0 N–H and O–H groups in total. The number of thioether (sulfide) groups is 1. The Kier molecular flexibility index (Phi) is 3.34. The summed E-state index contributed by atoms with van der Waals surface area (Å²) in [6.07, 6.45) is 0. The summed E-state index contributed by atoms with van der Waals surface area (Å²) in [7, 11) is 1.81. The van der Waals surface area contributed by atoms with Crippen LogP contribution in [0, 0.1) is 6.92 Å². The highest BCUT2D eigenvalue weighted by atomic mass is 32.2. The minimum atomic E-state index is 0.680. The van der Waals surface area contributed by atoms with Crippen LogP contribution < -0.4 is 0 Å². The predicted molar refractivity (Wildman–Crippen MR) is 72.9 cm³/mol. The number of hydrogen-bond acceptors (Lipinski definition) is 7. The van der Waals surface area contributed by atoms with E-state index >= 15 is 0 Å². The molecule has 0 aliphatic rings. The lowest BCUT2D eigenvalue weighted by atomic mass is 10.4. The van der Waals surface area contributed by atoms with Crippen LogP contribution in [-0.2, 0) is 12.8 Å². The second-order valence-electron chi connectivity index (χ2n) is 3.87. The molecule has 0 saturated heterocycles. The molecule has 98 valence electrons. The molecule has 3 heterocycles. The summed E-state index contributed by atoms with van der Waals surface area (Å²) in [4.78, 5) is 5.57. The lowest BCUT2D eigenvalue weighted by Gasteiger charge is -1.96. The Hall–Kier alpha value is -1.67. The summed E-state index contributed by atoms with van der Waals surface area (Å²) >= 11 is 3.16. The van der Waals surface area contributed by atoms with Crippen molar-refractivity contribution >= 4 is 23.1 Å². The highest BCUT2D eigenvalue weighted by Gasteiger charge is 2.13. The van der Waals surface area contributed by atoms with Gasteiger partial charge in [0.15, 0.2) is 0 Å². The molecule has 3 aromatic rings. The Morgan fingerprint density at radius 3 is 3.05 bits per heavy atom. The largest absolute Gasteiger partial charge is 0.440 e. The van der Waals surface area contributed by atoms with Crippen molar-refractivity contribution in [3.8, 4) is 10.8 Å². The number of aryl methyl sites for hydroxylation is 2. The lowest BCUT2D eigenvalue weighted by Crippen LogP contribution is -1.94. The summed E-state index contributed by atoms with van der Waals surface area (Å²) in [6.45, 7) is 1.93. The Bertz CT molecular complexity index is 673. The molecule has 6 nitrogen and oxygen atoms in total. The fourth-order valence-electron chi connectivity index (χ4n) is 1.54. The van der Waals surface area contributed by atoms with Crippen molar-refractivity contribution in [3.05, 3.63) is 29.0 Å². The molecule has 0 aromatic carbocycles. The van der Waals surface area contributed by atoms with E-state index in [1.807, 2.05) is 31.5 Å². The van der Waals surface area contributed by atoms with E-state index in [4.69, 9.17) is 4.42 Å². The van der Waals surface area contributed by atoms with E-state index in [-0.39, 0.29) is 0 Å². The Morgan fingerprint density at radius 1 is 1.47 bits per heavy atom. The second-order valence-corrected chi connectivity index (χ2v) is 5.76. The molecule has 19 heavy (non-hydrogen) atoms. The molecule has 0 radical (unpaired) electrons. The Labute approximate surface area is 117 Å². The summed E-state index contributed by atoms with van der Waals surface area (Å²) in [5, 5.41) is 14.1. The van der Waals surface area contributed by atoms with Crippen molar-refractivity contribution in [2.45, 2.75) is 17.8 Å². The van der Waals surface area contributed by atoms with Crippen molar-refractivity contribution in [1.82, 2.24) is 25.2 Å². The first kappa shape index (κ1) is 12.4. The van der Waals surface area contributed by atoms with Gasteiger partial charge in [-0.1, -0.05) is 17.8 Å². The van der Waals surface area contributed by atoms with Gasteiger partial charge in [-0.2, -0.15) is 0 Å². The maximum absolute atomic E-state index is 5.69. The molecular formula is C11H11N5OS2. The van der Waals surface area contributed by atoms with E-state index in [1.54, 1.807) is 16.0 Å². The van der Waals surface area contributed by atoms with E-state index in [0.29, 0.717) is 11.6 Å². The minimum Gasteiger partial charge on any atom is -0.440 e. The van der Waals surface area contributed by atoms with Crippen LogP contribution in [0.2, 0.25) is 0 Å². The van der Waals surface area contributed by atoms with Crippen LogP contribution in [0.15, 0.2) is 27.1 Å². The number of thiophene rings is 1. The quantitative estimate of drug-likeness (QED) is 0.688. The minimum absolute atomic E-state index is 0.680. The number of aromatic nitrogens is 5. The summed E-state index contributed by atoms with van der Waals surface area (Å²) in [6, 6.07) is 3.98. The van der Waals surface area contributed by atoms with Gasteiger partial charge in [0.05, 0.1) is 10.6 Å². The molecule has 0 saturated carbocycles. The van der Waals surface area contributed by atoms with Crippen molar-refractivity contribution in [3.63, 3.8) is 0 Å². The third kappa shape index (κ3) is 2.54. The van der Waals surface area contributed by atoms with Gasteiger partial charge < -0.3 is 4.42 Å². The third-order valence-electron chi connectivity index (χ3n) is 2.54. The van der Waals surface area contributed by atoms with Gasteiger partial charge >= 0.3 is 0 Å². The molecule has 0 fully saturated rings. The molecule has 0 spiro atoms. The van der Waals surface area contributed by atoms with Crippen LogP contribution in [0.1, 0.15) is 11.5 Å². The predicted octanol–water partition coefficient (Wildman–Crippen LogP) is 2.53. The highest BCUT2D eigenvalue weighted by molar-refractivity contribution is 7.98. The molecular weight excluding hydrogens is 282 g/mol. The monoisotopic (exact) mass is 293 g/mol. The number of rotatable bonds is 4. The van der Waals surface area contributed by atoms with E-state index in [1.165, 1.54) is 11.8 Å². The number of tetrazole rings is 1. The molecule has 3 rings (SSSR count). The summed E-state index contributed by atoms with van der Waals surface area (Å²) in [5.41, 5.74) is 0.927. The standard InChI is InChI=1S/C11H11N5OS2/c1-7-8(6-19-11-13-14-15-16(11)2)12-10(17-7)9-4-3-5-18-9/h3-5H,6H2,1-2H3. The van der Waals surface area contributed by atoms with Crippen LogP contribution in [0.4, 0.5) is 0 Å². The van der Waals surface area contributed by atoms with Gasteiger partial charge in [-0.25, -0.2) is 9.67 Å². The van der Waals surface area contributed by atoms with Crippen molar-refractivity contribution < 1.29 is 4.42 Å². The van der Waals surface area contributed by atoms with Crippen LogP contribution in [-0.4, -0.2) is 25.2 Å². The zero-order valence-corrected chi connectivity index (χ0v) is 12.0. The van der Waals surface area contributed by atoms with Gasteiger partial charge in [0, 0.05) is 12.8 Å². The van der Waals surface area contributed by atoms with Gasteiger partial charge in [-0.05, 0) is 28.8 Å². The van der Waals surface area contributed by atoms with Gasteiger partial charge in [0.2, 0.25) is 11.0 Å². The van der Waals surface area contributed by atoms with E-state index < -0.39 is 0 Å². The number of oxazole rings is 1. The van der Waals surface area contributed by atoms with Crippen LogP contribution >= 0.6 is 23.1 Å². The average molecular weight is 293 g/mol. The van der Waals surface area contributed by atoms with Gasteiger partial charge in [-0.3, -0.25) is 0 Å². The van der Waals surface area contributed by atoms with Crippen LogP contribution in [0.3, 0.4) is 0 Å². The fourth-order valence-corrected chi connectivity index (χ4v) is 3.04. The first-order valence-corrected chi connectivity index (χ1v) is 7.46. The fraction of sp³-hybridized carbons (Fsp3) is 0.273. The highest BCUT2D eigenvalue weighted by Crippen LogP contribution is 2.28. The first-order valence-electron chi connectivity index (χ1n) is 5.59. The summed E-state index contributed by atoms with van der Waals surface area (Å²) < 4.78 is 7.33. The Balaban J connectivity index is 1.77. The van der Waals surface area contributed by atoms with Gasteiger partial charge in [0.1, 0.15) is 5.76 Å². The average Bonchev–Trinajstić information content (AvgIpc) is 3.08. The van der Waals surface area contributed by atoms with Crippen LogP contribution in [0.5, 0.6) is 0 Å². The SMILES string of the molecule is Cc1oc(-c2cccs2)nc1CSc1nnnn1C. The molecule has 0 aliphatic carbocycles. The smallest absolute Gasteiger partial charge is 0.236 e. The molecule has 3 aromatic heterocycles. The molecule has 0 amide bonds. The normalized spacial score (nSPS) is 11.1. The maximum atomic E-state index is 5.69. The van der Waals surface area contributed by atoms with Crippen molar-refractivity contribution in [1.29, 1.82) is 0 Å². The second kappa shape index (κ2) is 5.14. The zero-order valence-electron chi connectivity index (χ0n) is 10.4. The number of nitrogens with zero attached hydrogens (tertiary/aromatic N) is 5. The lowest BCUT2D eigenvalue weighted by molar-refractivity contribution is 0.542. The van der Waals surface area contributed by atoms with Gasteiger partial charge in [0.25, 0.3) is 0 Å².